The van der Waals surface area contributed by atoms with Crippen LogP contribution in [0.4, 0.5) is 36.3 Å². The average Bonchev–Trinajstić information content (AvgIpc) is 3.14. The van der Waals surface area contributed by atoms with Crippen LogP contribution in [0.25, 0.3) is 0 Å². The van der Waals surface area contributed by atoms with Crippen LogP contribution in [0.5, 0.6) is 0 Å². The highest BCUT2D eigenvalue weighted by Gasteiger charge is 2.32. The molecule has 0 spiro atoms. The molecule has 1 aromatic heterocycles. The van der Waals surface area contributed by atoms with Crippen molar-refractivity contribution >= 4 is 29.0 Å². The summed E-state index contributed by atoms with van der Waals surface area (Å²) in [6, 6.07) is 3.38. The second kappa shape index (κ2) is 8.24. The minimum atomic E-state index is -4.50. The zero-order valence-corrected chi connectivity index (χ0v) is 17.2. The molecule has 2 aromatic rings. The lowest BCUT2D eigenvalue weighted by molar-refractivity contribution is -0.137. The van der Waals surface area contributed by atoms with Crippen molar-refractivity contribution in [2.24, 2.45) is 0 Å². The van der Waals surface area contributed by atoms with E-state index in [1.165, 1.54) is 13.0 Å². The third-order valence-electron chi connectivity index (χ3n) is 5.60. The highest BCUT2D eigenvalue weighted by Crippen LogP contribution is 2.35. The molecule has 1 fully saturated rings. The van der Waals surface area contributed by atoms with Crippen LogP contribution in [0.3, 0.4) is 0 Å². The average molecular weight is 434 g/mol. The SMILES string of the molecule is CC(=O)N[C@H]1CCN(c2nc(Nc3cc(N)cc(C(F)(F)F)c3)nc3c2CCCC3)C1. The second-order valence-electron chi connectivity index (χ2n) is 8.10. The van der Waals surface area contributed by atoms with Crippen molar-refractivity contribution in [2.75, 3.05) is 29.0 Å². The molecule has 0 saturated carbocycles. The summed E-state index contributed by atoms with van der Waals surface area (Å²) in [5.41, 5.74) is 7.05. The van der Waals surface area contributed by atoms with Crippen molar-refractivity contribution in [3.63, 3.8) is 0 Å². The van der Waals surface area contributed by atoms with Crippen LogP contribution in [0.15, 0.2) is 18.2 Å². The number of anilines is 4. The summed E-state index contributed by atoms with van der Waals surface area (Å²) >= 11 is 0. The van der Waals surface area contributed by atoms with Gasteiger partial charge in [0, 0.05) is 43.0 Å². The third kappa shape index (κ3) is 4.83. The van der Waals surface area contributed by atoms with Crippen LogP contribution in [0, 0.1) is 0 Å². The molecule has 166 valence electrons. The number of amides is 1. The molecular formula is C21H25F3N6O. The van der Waals surface area contributed by atoms with Gasteiger partial charge in [0.25, 0.3) is 0 Å². The normalized spacial score (nSPS) is 18.6. The maximum absolute atomic E-state index is 13.2. The van der Waals surface area contributed by atoms with Crippen LogP contribution in [-0.2, 0) is 23.8 Å². The van der Waals surface area contributed by atoms with Gasteiger partial charge in [-0.1, -0.05) is 0 Å². The van der Waals surface area contributed by atoms with E-state index in [1.807, 2.05) is 0 Å². The van der Waals surface area contributed by atoms with Gasteiger partial charge >= 0.3 is 6.18 Å². The predicted octanol–water partition coefficient (Wildman–Crippen LogP) is 3.41. The molecule has 2 aliphatic rings. The van der Waals surface area contributed by atoms with E-state index < -0.39 is 11.7 Å². The number of nitrogen functional groups attached to an aromatic ring is 1. The fourth-order valence-electron chi connectivity index (χ4n) is 4.27. The molecule has 0 bridgehead atoms. The number of hydrogen-bond acceptors (Lipinski definition) is 6. The van der Waals surface area contributed by atoms with Gasteiger partial charge in [-0.2, -0.15) is 18.2 Å². The summed E-state index contributed by atoms with van der Waals surface area (Å²) in [4.78, 5) is 22.8. The third-order valence-corrected chi connectivity index (χ3v) is 5.60. The van der Waals surface area contributed by atoms with E-state index in [9.17, 15) is 18.0 Å². The number of halogens is 3. The van der Waals surface area contributed by atoms with Gasteiger partial charge in [0.05, 0.1) is 11.3 Å². The summed E-state index contributed by atoms with van der Waals surface area (Å²) in [6.45, 7) is 2.88. The van der Waals surface area contributed by atoms with E-state index in [1.54, 1.807) is 0 Å². The zero-order chi connectivity index (χ0) is 22.2. The quantitative estimate of drug-likeness (QED) is 0.639. The predicted molar refractivity (Wildman–Crippen MR) is 112 cm³/mol. The van der Waals surface area contributed by atoms with Gasteiger partial charge in [0.1, 0.15) is 5.82 Å². The summed E-state index contributed by atoms with van der Waals surface area (Å²) in [5, 5.41) is 5.86. The first kappa shape index (κ1) is 21.2. The van der Waals surface area contributed by atoms with Gasteiger partial charge in [-0.3, -0.25) is 4.79 Å². The molecule has 4 rings (SSSR count). The summed E-state index contributed by atoms with van der Waals surface area (Å²) in [6.07, 6.45) is 0.0282. The number of benzene rings is 1. The first-order valence-corrected chi connectivity index (χ1v) is 10.4. The molecule has 1 aromatic carbocycles. The van der Waals surface area contributed by atoms with Gasteiger partial charge in [0.15, 0.2) is 0 Å². The molecule has 4 N–H and O–H groups in total. The van der Waals surface area contributed by atoms with E-state index in [-0.39, 0.29) is 29.3 Å². The highest BCUT2D eigenvalue weighted by atomic mass is 19.4. The van der Waals surface area contributed by atoms with E-state index in [0.29, 0.717) is 6.54 Å². The Morgan fingerprint density at radius 3 is 2.71 bits per heavy atom. The summed E-state index contributed by atoms with van der Waals surface area (Å²) in [5.74, 6) is 0.971. The van der Waals surface area contributed by atoms with Crippen molar-refractivity contribution in [1.82, 2.24) is 15.3 Å². The van der Waals surface area contributed by atoms with E-state index >= 15 is 0 Å². The topological polar surface area (TPSA) is 96.2 Å². The standard InChI is InChI=1S/C21H25F3N6O/c1-12(31)26-15-6-7-30(11-15)19-17-4-2-3-5-18(17)28-20(29-19)27-16-9-13(21(22,23)24)8-14(25)10-16/h8-10,15H,2-7,11,25H2,1H3,(H,26,31)(H,27,28,29)/t15-/m0/s1. The number of aromatic nitrogens is 2. The highest BCUT2D eigenvalue weighted by molar-refractivity contribution is 5.73. The molecule has 0 unspecified atom stereocenters. The zero-order valence-electron chi connectivity index (χ0n) is 17.2. The molecule has 31 heavy (non-hydrogen) atoms. The van der Waals surface area contributed by atoms with E-state index in [4.69, 9.17) is 5.73 Å². The Balaban J connectivity index is 1.65. The van der Waals surface area contributed by atoms with Crippen LogP contribution in [0.2, 0.25) is 0 Å². The Labute approximate surface area is 178 Å². The summed E-state index contributed by atoms with van der Waals surface area (Å²) in [7, 11) is 0. The number of nitrogens with one attached hydrogen (secondary N) is 2. The lowest BCUT2D eigenvalue weighted by Crippen LogP contribution is -2.36. The molecule has 2 heterocycles. The first-order valence-electron chi connectivity index (χ1n) is 10.4. The van der Waals surface area contributed by atoms with Crippen LogP contribution in [-0.4, -0.2) is 35.0 Å². The van der Waals surface area contributed by atoms with Gasteiger partial charge in [-0.15, -0.1) is 0 Å². The van der Waals surface area contributed by atoms with Gasteiger partial charge in [0.2, 0.25) is 11.9 Å². The van der Waals surface area contributed by atoms with Crippen LogP contribution >= 0.6 is 0 Å². The Hall–Kier alpha value is -3.04. The van der Waals surface area contributed by atoms with Crippen molar-refractivity contribution in [3.8, 4) is 0 Å². The minimum absolute atomic E-state index is 0.00759. The number of nitrogens with zero attached hydrogens (tertiary/aromatic N) is 3. The van der Waals surface area contributed by atoms with Crippen molar-refractivity contribution in [3.05, 3.63) is 35.0 Å². The second-order valence-corrected chi connectivity index (χ2v) is 8.10. The lowest BCUT2D eigenvalue weighted by atomic mass is 9.96. The smallest absolute Gasteiger partial charge is 0.399 e. The molecule has 1 saturated heterocycles. The van der Waals surface area contributed by atoms with Crippen LogP contribution < -0.4 is 21.3 Å². The van der Waals surface area contributed by atoms with Crippen LogP contribution in [0.1, 0.15) is 43.0 Å². The number of alkyl halides is 3. The number of carbonyl (C=O) groups excluding carboxylic acids is 1. The molecule has 1 amide bonds. The Morgan fingerprint density at radius 2 is 1.97 bits per heavy atom. The van der Waals surface area contributed by atoms with Crippen molar-refractivity contribution in [1.29, 1.82) is 0 Å². The monoisotopic (exact) mass is 434 g/mol. The van der Waals surface area contributed by atoms with Crippen molar-refractivity contribution in [2.45, 2.75) is 51.2 Å². The van der Waals surface area contributed by atoms with Gasteiger partial charge < -0.3 is 21.3 Å². The fourth-order valence-corrected chi connectivity index (χ4v) is 4.27. The number of nitrogens with two attached hydrogens (primary N) is 1. The Kier molecular flexibility index (Phi) is 5.63. The Bertz CT molecular complexity index is 994. The Morgan fingerprint density at radius 1 is 1.19 bits per heavy atom. The maximum atomic E-state index is 13.2. The molecule has 10 heteroatoms. The minimum Gasteiger partial charge on any atom is -0.399 e. The molecule has 7 nitrogen and oxygen atoms in total. The summed E-state index contributed by atoms with van der Waals surface area (Å²) < 4.78 is 39.5. The van der Waals surface area contributed by atoms with Crippen molar-refractivity contribution < 1.29 is 18.0 Å². The largest absolute Gasteiger partial charge is 0.416 e. The lowest BCUT2D eigenvalue weighted by Gasteiger charge is -2.25. The molecule has 1 aliphatic carbocycles. The molecule has 1 aliphatic heterocycles. The van der Waals surface area contributed by atoms with Gasteiger partial charge in [-0.05, 0) is 50.3 Å². The maximum Gasteiger partial charge on any atom is 0.416 e. The molecule has 0 radical (unpaired) electrons. The van der Waals surface area contributed by atoms with E-state index in [2.05, 4.69) is 25.5 Å². The number of rotatable bonds is 4. The number of hydrogen-bond donors (Lipinski definition) is 3. The van der Waals surface area contributed by atoms with Gasteiger partial charge in [-0.25, -0.2) is 4.98 Å². The number of carbonyl (C=O) groups is 1. The number of aryl methyl sites for hydroxylation is 1. The first-order chi connectivity index (χ1) is 14.7. The molecular weight excluding hydrogens is 409 g/mol. The molecule has 1 atom stereocenters. The van der Waals surface area contributed by atoms with E-state index in [0.717, 1.165) is 67.9 Å². The number of fused-ring (bicyclic) bond motifs is 1. The fraction of sp³-hybridized carbons (Fsp3) is 0.476.